The smallest absolute Gasteiger partial charge is 0.237 e. The average molecular weight is 283 g/mol. The van der Waals surface area contributed by atoms with Crippen LogP contribution in [0.25, 0.3) is 0 Å². The number of amides is 1. The Labute approximate surface area is 124 Å². The molecule has 1 unspecified atom stereocenters. The Hall–Kier alpha value is -0.610. The molecule has 0 aromatic carbocycles. The van der Waals surface area contributed by atoms with Crippen molar-refractivity contribution >= 4 is 5.91 Å². The minimum absolute atomic E-state index is 0.240. The van der Waals surface area contributed by atoms with E-state index in [1.165, 1.54) is 25.7 Å². The molecule has 1 aliphatic rings. The molecule has 1 saturated carbocycles. The lowest BCUT2D eigenvalue weighted by atomic mass is 9.93. The molecule has 118 valence electrons. The molecule has 0 radical (unpaired) electrons. The summed E-state index contributed by atoms with van der Waals surface area (Å²) in [6, 6.07) is 1.06. The second-order valence-electron chi connectivity index (χ2n) is 6.87. The van der Waals surface area contributed by atoms with E-state index in [1.54, 1.807) is 0 Å². The summed E-state index contributed by atoms with van der Waals surface area (Å²) in [5.74, 6) is -0.240. The van der Waals surface area contributed by atoms with E-state index in [0.717, 1.165) is 31.8 Å². The normalized spacial score (nSPS) is 19.7. The summed E-state index contributed by atoms with van der Waals surface area (Å²) in [6.45, 7) is 7.15. The summed E-state index contributed by atoms with van der Waals surface area (Å²) in [5, 5.41) is 3.31. The van der Waals surface area contributed by atoms with Crippen LogP contribution in [0.4, 0.5) is 0 Å². The molecule has 0 saturated heterocycles. The van der Waals surface area contributed by atoms with E-state index in [1.807, 2.05) is 6.92 Å². The van der Waals surface area contributed by atoms with E-state index in [0.29, 0.717) is 0 Å². The lowest BCUT2D eigenvalue weighted by molar-refractivity contribution is -0.124. The quantitative estimate of drug-likeness (QED) is 0.638. The van der Waals surface area contributed by atoms with Crippen molar-refractivity contribution in [2.45, 2.75) is 83.3 Å². The number of nitrogens with zero attached hydrogens (tertiary/aromatic N) is 1. The minimum atomic E-state index is -0.569. The van der Waals surface area contributed by atoms with Crippen LogP contribution in [-0.2, 0) is 4.79 Å². The third kappa shape index (κ3) is 5.41. The molecular formula is C16H33N3O. The molecule has 0 spiro atoms. The van der Waals surface area contributed by atoms with Crippen molar-refractivity contribution in [1.82, 2.24) is 10.2 Å². The Morgan fingerprint density at radius 1 is 1.35 bits per heavy atom. The maximum absolute atomic E-state index is 11.6. The predicted octanol–water partition coefficient (Wildman–Crippen LogP) is 2.27. The SMILES string of the molecule is CC(C)NC(C)(CCCCN(C)C1CCCC1)C(N)=O. The fourth-order valence-corrected chi connectivity index (χ4v) is 3.27. The van der Waals surface area contributed by atoms with Crippen LogP contribution in [0.3, 0.4) is 0 Å². The Morgan fingerprint density at radius 3 is 2.45 bits per heavy atom. The van der Waals surface area contributed by atoms with Crippen molar-refractivity contribution in [2.75, 3.05) is 13.6 Å². The fraction of sp³-hybridized carbons (Fsp3) is 0.938. The Morgan fingerprint density at radius 2 is 1.95 bits per heavy atom. The van der Waals surface area contributed by atoms with Crippen LogP contribution >= 0.6 is 0 Å². The number of carbonyl (C=O) groups is 1. The molecule has 0 aromatic heterocycles. The third-order valence-electron chi connectivity index (χ3n) is 4.54. The highest BCUT2D eigenvalue weighted by atomic mass is 16.1. The largest absolute Gasteiger partial charge is 0.368 e. The maximum atomic E-state index is 11.6. The van der Waals surface area contributed by atoms with Crippen molar-refractivity contribution < 1.29 is 4.79 Å². The van der Waals surface area contributed by atoms with Crippen LogP contribution in [0.5, 0.6) is 0 Å². The molecule has 4 heteroatoms. The van der Waals surface area contributed by atoms with Crippen LogP contribution in [0.1, 0.15) is 65.7 Å². The third-order valence-corrected chi connectivity index (χ3v) is 4.54. The van der Waals surface area contributed by atoms with Crippen LogP contribution in [-0.4, -0.2) is 42.0 Å². The first kappa shape index (κ1) is 17.4. The van der Waals surface area contributed by atoms with Crippen molar-refractivity contribution in [3.8, 4) is 0 Å². The Kier molecular flexibility index (Phi) is 6.96. The Balaban J connectivity index is 2.28. The molecule has 0 aliphatic heterocycles. The molecule has 1 atom stereocenters. The number of rotatable bonds is 9. The first-order chi connectivity index (χ1) is 9.35. The van der Waals surface area contributed by atoms with Gasteiger partial charge in [-0.2, -0.15) is 0 Å². The summed E-state index contributed by atoms with van der Waals surface area (Å²) >= 11 is 0. The molecular weight excluding hydrogens is 250 g/mol. The van der Waals surface area contributed by atoms with E-state index in [2.05, 4.69) is 31.1 Å². The van der Waals surface area contributed by atoms with E-state index >= 15 is 0 Å². The van der Waals surface area contributed by atoms with Gasteiger partial charge in [0.2, 0.25) is 5.91 Å². The number of nitrogens with one attached hydrogen (secondary N) is 1. The number of unbranched alkanes of at least 4 members (excludes halogenated alkanes) is 1. The standard InChI is InChI=1S/C16H33N3O/c1-13(2)18-16(3,15(17)20)11-7-8-12-19(4)14-9-5-6-10-14/h13-14,18H,5-12H2,1-4H3,(H2,17,20). The van der Waals surface area contributed by atoms with E-state index in [-0.39, 0.29) is 11.9 Å². The summed E-state index contributed by atoms with van der Waals surface area (Å²) in [4.78, 5) is 14.1. The van der Waals surface area contributed by atoms with Gasteiger partial charge in [-0.1, -0.05) is 12.8 Å². The highest BCUT2D eigenvalue weighted by Crippen LogP contribution is 2.23. The minimum Gasteiger partial charge on any atom is -0.368 e. The van der Waals surface area contributed by atoms with Gasteiger partial charge in [-0.25, -0.2) is 0 Å². The Bertz CT molecular complexity index is 300. The van der Waals surface area contributed by atoms with Gasteiger partial charge in [0.1, 0.15) is 0 Å². The summed E-state index contributed by atoms with van der Waals surface area (Å²) in [5.41, 5.74) is 4.98. The van der Waals surface area contributed by atoms with Crippen LogP contribution in [0, 0.1) is 0 Å². The predicted molar refractivity (Wildman–Crippen MR) is 84.6 cm³/mol. The van der Waals surface area contributed by atoms with Crippen molar-refractivity contribution in [1.29, 1.82) is 0 Å². The maximum Gasteiger partial charge on any atom is 0.237 e. The highest BCUT2D eigenvalue weighted by Gasteiger charge is 2.30. The molecule has 0 bridgehead atoms. The molecule has 0 heterocycles. The van der Waals surface area contributed by atoms with E-state index in [9.17, 15) is 4.79 Å². The molecule has 1 amide bonds. The van der Waals surface area contributed by atoms with Gasteiger partial charge >= 0.3 is 0 Å². The lowest BCUT2D eigenvalue weighted by Crippen LogP contribution is -2.55. The molecule has 3 N–H and O–H groups in total. The van der Waals surface area contributed by atoms with Crippen molar-refractivity contribution in [3.05, 3.63) is 0 Å². The van der Waals surface area contributed by atoms with E-state index in [4.69, 9.17) is 5.73 Å². The van der Waals surface area contributed by atoms with Gasteiger partial charge in [0.15, 0.2) is 0 Å². The van der Waals surface area contributed by atoms with Gasteiger partial charge in [-0.15, -0.1) is 0 Å². The van der Waals surface area contributed by atoms with Gasteiger partial charge < -0.3 is 16.0 Å². The zero-order chi connectivity index (χ0) is 15.2. The molecule has 1 rings (SSSR count). The second-order valence-corrected chi connectivity index (χ2v) is 6.87. The number of hydrogen-bond acceptors (Lipinski definition) is 3. The monoisotopic (exact) mass is 283 g/mol. The van der Waals surface area contributed by atoms with Crippen LogP contribution in [0.2, 0.25) is 0 Å². The average Bonchev–Trinajstić information content (AvgIpc) is 2.87. The first-order valence-electron chi connectivity index (χ1n) is 8.13. The second kappa shape index (κ2) is 7.99. The molecule has 1 aliphatic carbocycles. The topological polar surface area (TPSA) is 58.4 Å². The lowest BCUT2D eigenvalue weighted by Gasteiger charge is -2.30. The zero-order valence-electron chi connectivity index (χ0n) is 13.7. The number of hydrogen-bond donors (Lipinski definition) is 2. The van der Waals surface area contributed by atoms with Gasteiger partial charge in [-0.05, 0) is 66.5 Å². The molecule has 20 heavy (non-hydrogen) atoms. The molecule has 1 fully saturated rings. The summed E-state index contributed by atoms with van der Waals surface area (Å²) in [7, 11) is 2.23. The van der Waals surface area contributed by atoms with Gasteiger partial charge in [0.25, 0.3) is 0 Å². The fourth-order valence-electron chi connectivity index (χ4n) is 3.27. The molecule has 4 nitrogen and oxygen atoms in total. The van der Waals surface area contributed by atoms with Crippen molar-refractivity contribution in [3.63, 3.8) is 0 Å². The van der Waals surface area contributed by atoms with Gasteiger partial charge in [0.05, 0.1) is 5.54 Å². The van der Waals surface area contributed by atoms with Crippen molar-refractivity contribution in [2.24, 2.45) is 5.73 Å². The van der Waals surface area contributed by atoms with Gasteiger partial charge in [0, 0.05) is 12.1 Å². The number of primary amides is 1. The summed E-state index contributed by atoms with van der Waals surface area (Å²) < 4.78 is 0. The molecule has 0 aromatic rings. The first-order valence-corrected chi connectivity index (χ1v) is 8.13. The van der Waals surface area contributed by atoms with E-state index < -0.39 is 5.54 Å². The summed E-state index contributed by atoms with van der Waals surface area (Å²) in [6.07, 6.45) is 8.46. The number of nitrogens with two attached hydrogens (primary N) is 1. The van der Waals surface area contributed by atoms with Gasteiger partial charge in [-0.3, -0.25) is 4.79 Å². The van der Waals surface area contributed by atoms with Crippen LogP contribution < -0.4 is 11.1 Å². The number of carbonyl (C=O) groups excluding carboxylic acids is 1. The van der Waals surface area contributed by atoms with Crippen LogP contribution in [0.15, 0.2) is 0 Å². The highest BCUT2D eigenvalue weighted by molar-refractivity contribution is 5.84. The zero-order valence-corrected chi connectivity index (χ0v) is 13.7.